The Balaban J connectivity index is 1.27. The lowest BCUT2D eigenvalue weighted by atomic mass is 10.1. The number of benzene rings is 3. The number of rotatable bonds is 4. The summed E-state index contributed by atoms with van der Waals surface area (Å²) in [4.78, 5) is 31.9. The number of carbonyl (C=O) groups excluding carboxylic acids is 2. The van der Waals surface area contributed by atoms with Gasteiger partial charge in [0.2, 0.25) is 0 Å². The number of hydrazine groups is 1. The van der Waals surface area contributed by atoms with Crippen LogP contribution in [-0.4, -0.2) is 30.5 Å². The van der Waals surface area contributed by atoms with E-state index >= 15 is 0 Å². The third-order valence-electron chi connectivity index (χ3n) is 5.97. The number of nitrogens with one attached hydrogen (secondary N) is 2. The average Bonchev–Trinajstić information content (AvgIpc) is 3.28. The highest BCUT2D eigenvalue weighted by Crippen LogP contribution is 2.35. The van der Waals surface area contributed by atoms with E-state index < -0.39 is 11.8 Å². The second kappa shape index (κ2) is 8.86. The summed E-state index contributed by atoms with van der Waals surface area (Å²) in [5.41, 5.74) is 10.1. The Bertz CT molecular complexity index is 1380. The number of carbonyl (C=O) groups is 2. The summed E-state index contributed by atoms with van der Waals surface area (Å²) >= 11 is 0. The predicted molar refractivity (Wildman–Crippen MR) is 132 cm³/mol. The van der Waals surface area contributed by atoms with Crippen LogP contribution in [0.15, 0.2) is 72.8 Å². The molecule has 0 bridgehead atoms. The van der Waals surface area contributed by atoms with Gasteiger partial charge in [0, 0.05) is 28.7 Å². The van der Waals surface area contributed by atoms with Gasteiger partial charge in [0.25, 0.3) is 11.8 Å². The van der Waals surface area contributed by atoms with Crippen molar-refractivity contribution in [2.24, 2.45) is 0 Å². The third-order valence-corrected chi connectivity index (χ3v) is 5.97. The number of hydrogen-bond donors (Lipinski definition) is 2. The fourth-order valence-corrected chi connectivity index (χ4v) is 4.11. The standard InChI is InChI=1S/C27H24N4O3/c1-17-3-4-20-16-21-13-14-31(25(21)28-24(20)15-17)22-9-5-18(6-10-22)26(32)29-30-27(33)19-7-11-23(34-2)12-8-19/h3-12,15-16H,13-14H2,1-2H3,(H,29,32)(H,30,33). The van der Waals surface area contributed by atoms with Crippen molar-refractivity contribution in [2.75, 3.05) is 18.6 Å². The Hall–Kier alpha value is -4.39. The van der Waals surface area contributed by atoms with Crippen molar-refractivity contribution >= 4 is 34.2 Å². The summed E-state index contributed by atoms with van der Waals surface area (Å²) in [6.07, 6.45) is 0.922. The van der Waals surface area contributed by atoms with Gasteiger partial charge < -0.3 is 9.64 Å². The summed E-state index contributed by atoms with van der Waals surface area (Å²) in [7, 11) is 1.56. The molecule has 0 radical (unpaired) electrons. The van der Waals surface area contributed by atoms with Crippen LogP contribution < -0.4 is 20.5 Å². The van der Waals surface area contributed by atoms with E-state index in [2.05, 4.69) is 46.9 Å². The van der Waals surface area contributed by atoms with Gasteiger partial charge in [0.15, 0.2) is 0 Å². The van der Waals surface area contributed by atoms with Gasteiger partial charge in [-0.25, -0.2) is 4.98 Å². The van der Waals surface area contributed by atoms with Crippen molar-refractivity contribution in [3.63, 3.8) is 0 Å². The molecule has 4 aromatic rings. The number of hydrogen-bond acceptors (Lipinski definition) is 5. The van der Waals surface area contributed by atoms with Crippen LogP contribution in [0.1, 0.15) is 31.8 Å². The molecule has 0 saturated heterocycles. The van der Waals surface area contributed by atoms with Crippen LogP contribution in [0.4, 0.5) is 11.5 Å². The normalized spacial score (nSPS) is 12.4. The summed E-state index contributed by atoms with van der Waals surface area (Å²) in [5, 5.41) is 1.15. The molecule has 3 aromatic carbocycles. The van der Waals surface area contributed by atoms with Gasteiger partial charge in [-0.3, -0.25) is 20.4 Å². The number of aromatic nitrogens is 1. The van der Waals surface area contributed by atoms with Crippen molar-refractivity contribution in [3.05, 3.63) is 95.1 Å². The van der Waals surface area contributed by atoms with Crippen LogP contribution in [-0.2, 0) is 6.42 Å². The molecule has 7 heteroatoms. The smallest absolute Gasteiger partial charge is 0.269 e. The second-order valence-corrected chi connectivity index (χ2v) is 8.25. The molecule has 5 rings (SSSR count). The number of anilines is 2. The number of pyridine rings is 1. The Morgan fingerprint density at radius 1 is 0.882 bits per heavy atom. The molecular weight excluding hydrogens is 428 g/mol. The Kier molecular flexibility index (Phi) is 5.59. The van der Waals surface area contributed by atoms with Gasteiger partial charge in [-0.1, -0.05) is 12.1 Å². The molecule has 1 aliphatic heterocycles. The van der Waals surface area contributed by atoms with Crippen molar-refractivity contribution in [1.29, 1.82) is 0 Å². The molecule has 1 aliphatic rings. The number of fused-ring (bicyclic) bond motifs is 2. The summed E-state index contributed by atoms with van der Waals surface area (Å²) in [5.74, 6) is 0.812. The highest BCUT2D eigenvalue weighted by molar-refractivity contribution is 5.99. The first-order valence-electron chi connectivity index (χ1n) is 11.0. The molecule has 0 saturated carbocycles. The molecule has 7 nitrogen and oxygen atoms in total. The van der Waals surface area contributed by atoms with Gasteiger partial charge in [-0.05, 0) is 85.1 Å². The number of nitrogens with zero attached hydrogens (tertiary/aromatic N) is 2. The zero-order valence-electron chi connectivity index (χ0n) is 19.0. The van der Waals surface area contributed by atoms with E-state index in [9.17, 15) is 9.59 Å². The molecule has 0 spiro atoms. The van der Waals surface area contributed by atoms with Crippen molar-refractivity contribution in [1.82, 2.24) is 15.8 Å². The zero-order chi connectivity index (χ0) is 23.7. The topological polar surface area (TPSA) is 83.6 Å². The number of amides is 2. The van der Waals surface area contributed by atoms with Crippen LogP contribution in [0.25, 0.3) is 10.9 Å². The fourth-order valence-electron chi connectivity index (χ4n) is 4.11. The van der Waals surface area contributed by atoms with E-state index in [0.717, 1.165) is 35.4 Å². The van der Waals surface area contributed by atoms with Crippen LogP contribution >= 0.6 is 0 Å². The lowest BCUT2D eigenvalue weighted by molar-refractivity contribution is 0.0846. The minimum atomic E-state index is -0.408. The summed E-state index contributed by atoms with van der Waals surface area (Å²) < 4.78 is 5.09. The third kappa shape index (κ3) is 4.15. The maximum absolute atomic E-state index is 12.5. The van der Waals surface area contributed by atoms with Crippen molar-refractivity contribution in [2.45, 2.75) is 13.3 Å². The first-order valence-corrected chi connectivity index (χ1v) is 11.0. The van der Waals surface area contributed by atoms with Gasteiger partial charge in [-0.15, -0.1) is 0 Å². The predicted octanol–water partition coefficient (Wildman–Crippen LogP) is 4.32. The van der Waals surface area contributed by atoms with Crippen LogP contribution in [0.2, 0.25) is 0 Å². The van der Waals surface area contributed by atoms with E-state index in [-0.39, 0.29) is 0 Å². The first kappa shape index (κ1) is 21.5. The summed E-state index contributed by atoms with van der Waals surface area (Å²) in [6.45, 7) is 2.90. The lowest BCUT2D eigenvalue weighted by Crippen LogP contribution is -2.41. The largest absolute Gasteiger partial charge is 0.497 e. The molecule has 0 unspecified atom stereocenters. The van der Waals surface area contributed by atoms with Gasteiger partial charge in [0.1, 0.15) is 11.6 Å². The van der Waals surface area contributed by atoms with Crippen LogP contribution in [0, 0.1) is 6.92 Å². The number of ether oxygens (including phenoxy) is 1. The van der Waals surface area contributed by atoms with Crippen molar-refractivity contribution < 1.29 is 14.3 Å². The Morgan fingerprint density at radius 2 is 1.53 bits per heavy atom. The highest BCUT2D eigenvalue weighted by atomic mass is 16.5. The van der Waals surface area contributed by atoms with Crippen LogP contribution in [0.5, 0.6) is 5.75 Å². The average molecular weight is 453 g/mol. The van der Waals surface area contributed by atoms with Crippen LogP contribution in [0.3, 0.4) is 0 Å². The molecule has 2 N–H and O–H groups in total. The minimum Gasteiger partial charge on any atom is -0.497 e. The second-order valence-electron chi connectivity index (χ2n) is 8.25. The monoisotopic (exact) mass is 452 g/mol. The molecule has 0 aliphatic carbocycles. The quantitative estimate of drug-likeness (QED) is 0.451. The molecule has 170 valence electrons. The van der Waals surface area contributed by atoms with E-state index in [1.807, 2.05) is 12.1 Å². The van der Waals surface area contributed by atoms with Gasteiger partial charge >= 0.3 is 0 Å². The molecule has 2 amide bonds. The maximum atomic E-state index is 12.5. The van der Waals surface area contributed by atoms with E-state index in [1.165, 1.54) is 11.1 Å². The highest BCUT2D eigenvalue weighted by Gasteiger charge is 2.23. The number of aryl methyl sites for hydroxylation is 1. The summed E-state index contributed by atoms with van der Waals surface area (Å²) in [6, 6.07) is 22.4. The van der Waals surface area contributed by atoms with Gasteiger partial charge in [0.05, 0.1) is 12.6 Å². The van der Waals surface area contributed by atoms with E-state index in [0.29, 0.717) is 16.9 Å². The molecule has 2 heterocycles. The first-order chi connectivity index (χ1) is 16.5. The molecule has 0 fully saturated rings. The minimum absolute atomic E-state index is 0.394. The Morgan fingerprint density at radius 3 is 2.18 bits per heavy atom. The Labute approximate surface area is 197 Å². The fraction of sp³-hybridized carbons (Fsp3) is 0.148. The van der Waals surface area contributed by atoms with E-state index in [1.54, 1.807) is 43.5 Å². The lowest BCUT2D eigenvalue weighted by Gasteiger charge is -2.19. The SMILES string of the molecule is COc1ccc(C(=O)NNC(=O)c2ccc(N3CCc4cc5ccc(C)cc5nc43)cc2)cc1. The number of methoxy groups -OCH3 is 1. The molecule has 34 heavy (non-hydrogen) atoms. The zero-order valence-corrected chi connectivity index (χ0v) is 19.0. The van der Waals surface area contributed by atoms with Crippen molar-refractivity contribution in [3.8, 4) is 5.75 Å². The van der Waals surface area contributed by atoms with E-state index in [4.69, 9.17) is 9.72 Å². The maximum Gasteiger partial charge on any atom is 0.269 e. The molecular formula is C27H24N4O3. The molecule has 1 aromatic heterocycles. The van der Waals surface area contributed by atoms with Gasteiger partial charge in [-0.2, -0.15) is 0 Å². The molecule has 0 atom stereocenters.